The fourth-order valence-electron chi connectivity index (χ4n) is 9.44. The fourth-order valence-corrected chi connectivity index (χ4v) is 14.9. The molecule has 0 saturated carbocycles. The van der Waals surface area contributed by atoms with Gasteiger partial charge in [0.1, 0.15) is 34.0 Å². The number of fused-ring (bicyclic) bond motifs is 4. The van der Waals surface area contributed by atoms with Gasteiger partial charge < -0.3 is 22.0 Å². The molecule has 1 aliphatic rings. The van der Waals surface area contributed by atoms with E-state index in [-0.39, 0.29) is 32.5 Å². The highest BCUT2D eigenvalue weighted by Gasteiger charge is 2.41. The Hall–Kier alpha value is -3.78. The molecule has 2 heterocycles. The average molecular weight is 1060 g/mol. The third-order valence-corrected chi connectivity index (χ3v) is 20.6. The van der Waals surface area contributed by atoms with Crippen molar-refractivity contribution in [2.45, 2.75) is 216 Å². The lowest BCUT2D eigenvalue weighted by molar-refractivity contribution is 0.0773. The van der Waals surface area contributed by atoms with Gasteiger partial charge in [-0.05, 0) is 109 Å². The van der Waals surface area contributed by atoms with Crippen LogP contribution in [0.1, 0.15) is 177 Å². The molecule has 0 bridgehead atoms. The highest BCUT2D eigenvalue weighted by atomic mass is 31.2. The molecular weight excluding hydrogens is 971 g/mol. The molecule has 10 heteroatoms. The van der Waals surface area contributed by atoms with Gasteiger partial charge >= 0.3 is 16.8 Å². The first-order valence-corrected chi connectivity index (χ1v) is 35.7. The Morgan fingerprint density at radius 3 is 1.19 bits per heavy atom. The number of rotatable bonds is 7. The van der Waals surface area contributed by atoms with Gasteiger partial charge in [-0.1, -0.05) is 206 Å². The molecule has 0 aliphatic carbocycles. The zero-order chi connectivity index (χ0) is 54.8. The van der Waals surface area contributed by atoms with E-state index in [2.05, 4.69) is 232 Å². The first-order valence-electron chi connectivity index (χ1n) is 26.5. The van der Waals surface area contributed by atoms with Crippen LogP contribution in [0.25, 0.3) is 33.1 Å². The molecule has 6 aromatic rings. The largest absolute Gasteiger partial charge is 0.463 e. The molecule has 396 valence electrons. The summed E-state index contributed by atoms with van der Waals surface area (Å²) in [5, 5.41) is 4.48. The van der Waals surface area contributed by atoms with Crippen LogP contribution < -0.4 is 23.9 Å². The van der Waals surface area contributed by atoms with Crippen LogP contribution in [0.2, 0.25) is 39.3 Å². The highest BCUT2D eigenvalue weighted by molar-refractivity contribution is 7.42. The second kappa shape index (κ2) is 18.8. The minimum absolute atomic E-state index is 0.127. The lowest BCUT2D eigenvalue weighted by Gasteiger charge is -2.37. The number of para-hydroxylation sites is 1. The van der Waals surface area contributed by atoms with Crippen molar-refractivity contribution in [3.05, 3.63) is 112 Å². The van der Waals surface area contributed by atoms with Crippen molar-refractivity contribution >= 4 is 65.3 Å². The lowest BCUT2D eigenvalue weighted by atomic mass is 9.77. The van der Waals surface area contributed by atoms with Gasteiger partial charge in [0.25, 0.3) is 0 Å². The summed E-state index contributed by atoms with van der Waals surface area (Å²) in [6, 6.07) is 27.1. The summed E-state index contributed by atoms with van der Waals surface area (Å²) in [4.78, 5) is 0. The van der Waals surface area contributed by atoms with Gasteiger partial charge in [-0.25, -0.2) is 0 Å². The standard InChI is InChI=1S/C63H90O6P2Si2/c1-57(2,3)39-31-43-44-32-40(58(4,5)6)36-49(62(16,17)18)54(44)66-70(65-53(43)48(35-39)61(13,14)15)67-55-45(33-41(59(7,8)9)37-51(55)72(21,22)23)46-34-42(60(10,11)12)38-52(73(24,25)26)56(46)68-71-64-50-30-28-27-29-47(50)63(19,20)69-71/h27-38H,1-26H3. The fraction of sp³-hybridized carbons (Fsp3) is 0.524. The molecule has 0 saturated heterocycles. The van der Waals surface area contributed by atoms with Crippen LogP contribution in [0.3, 0.4) is 0 Å². The first-order chi connectivity index (χ1) is 33.0. The first kappa shape index (κ1) is 56.9. The van der Waals surface area contributed by atoms with Gasteiger partial charge in [-0.3, -0.25) is 4.52 Å². The van der Waals surface area contributed by atoms with Crippen LogP contribution in [0, 0.1) is 0 Å². The molecule has 5 aromatic carbocycles. The maximum Gasteiger partial charge on any atom is 0.463 e. The Bertz CT molecular complexity index is 3030. The van der Waals surface area contributed by atoms with E-state index in [4.69, 9.17) is 26.5 Å². The average Bonchev–Trinajstić information content (AvgIpc) is 3.36. The van der Waals surface area contributed by atoms with Crippen molar-refractivity contribution in [2.75, 3.05) is 0 Å². The molecule has 0 N–H and O–H groups in total. The minimum Gasteiger partial charge on any atom is -0.417 e. The van der Waals surface area contributed by atoms with Gasteiger partial charge in [0.05, 0.1) is 16.1 Å². The van der Waals surface area contributed by atoms with Crippen molar-refractivity contribution in [2.24, 2.45) is 0 Å². The minimum atomic E-state index is -2.25. The molecule has 6 nitrogen and oxygen atoms in total. The van der Waals surface area contributed by atoms with E-state index in [0.29, 0.717) is 0 Å². The summed E-state index contributed by atoms with van der Waals surface area (Å²) < 4.78 is 43.9. The number of hydrogen-bond donors (Lipinski definition) is 0. The molecule has 73 heavy (non-hydrogen) atoms. The monoisotopic (exact) mass is 1060 g/mol. The van der Waals surface area contributed by atoms with Crippen LogP contribution in [-0.2, 0) is 42.6 Å². The smallest absolute Gasteiger partial charge is 0.417 e. The normalized spacial score (nSPS) is 16.1. The van der Waals surface area contributed by atoms with E-state index in [9.17, 15) is 0 Å². The third kappa shape index (κ3) is 12.0. The summed E-state index contributed by atoms with van der Waals surface area (Å²) in [5.74, 6) is 2.34. The second-order valence-electron chi connectivity index (χ2n) is 29.6. The van der Waals surface area contributed by atoms with Gasteiger partial charge in [0.2, 0.25) is 0 Å². The summed E-state index contributed by atoms with van der Waals surface area (Å²) in [6.07, 6.45) is 0. The quantitative estimate of drug-likeness (QED) is 0.117. The molecule has 7 rings (SSSR count). The van der Waals surface area contributed by atoms with Crippen LogP contribution in [0.15, 0.2) is 81.2 Å². The van der Waals surface area contributed by atoms with E-state index in [1.54, 1.807) is 0 Å². The van der Waals surface area contributed by atoms with Gasteiger partial charge in [0, 0.05) is 38.6 Å². The Balaban J connectivity index is 1.68. The van der Waals surface area contributed by atoms with Gasteiger partial charge in [-0.15, -0.1) is 0 Å². The van der Waals surface area contributed by atoms with Crippen LogP contribution in [0.5, 0.6) is 17.2 Å². The molecule has 0 spiro atoms. The van der Waals surface area contributed by atoms with Crippen molar-refractivity contribution < 1.29 is 26.5 Å². The van der Waals surface area contributed by atoms with Crippen LogP contribution in [0.4, 0.5) is 0 Å². The summed E-state index contributed by atoms with van der Waals surface area (Å²) in [7, 11) is -8.46. The van der Waals surface area contributed by atoms with E-state index in [0.717, 1.165) is 67.0 Å². The predicted molar refractivity (Wildman–Crippen MR) is 321 cm³/mol. The molecule has 0 fully saturated rings. The van der Waals surface area contributed by atoms with Gasteiger partial charge in [-0.2, -0.15) is 0 Å². The van der Waals surface area contributed by atoms with Gasteiger partial charge in [0.15, 0.2) is 0 Å². The molecule has 1 aromatic heterocycles. The molecular formula is C63H90O6P2Si2. The Morgan fingerprint density at radius 1 is 0.452 bits per heavy atom. The zero-order valence-corrected chi connectivity index (χ0v) is 53.6. The molecule has 1 aliphatic heterocycles. The predicted octanol–water partition coefficient (Wildman–Crippen LogP) is 19.6. The molecule has 0 radical (unpaired) electrons. The van der Waals surface area contributed by atoms with E-state index < -0.39 is 38.6 Å². The van der Waals surface area contributed by atoms with Crippen molar-refractivity contribution in [1.29, 1.82) is 0 Å². The van der Waals surface area contributed by atoms with E-state index in [1.807, 2.05) is 18.2 Å². The summed E-state index contributed by atoms with van der Waals surface area (Å²) >= 11 is 0. The number of hydrogen-bond acceptors (Lipinski definition) is 6. The SMILES string of the molecule is CC(C)(C)c1cc(-c2cc(C(C)(C)C)cc([Si](C)(C)C)c2Op2oc3c(C(C)(C)C)cc(C(C)(C)C)cc3c3cc(C(C)(C)C)cc(C(C)(C)C)c3o2)c(OP2Oc3ccccc3C(C)(C)O2)c([Si](C)(C)C)c1. The summed E-state index contributed by atoms with van der Waals surface area (Å²) in [5.41, 5.74) is 9.91. The Kier molecular flexibility index (Phi) is 14.6. The topological polar surface area (TPSA) is 63.2 Å². The maximum absolute atomic E-state index is 7.82. The summed E-state index contributed by atoms with van der Waals surface area (Å²) in [6.45, 7) is 60.0. The molecule has 1 atom stereocenters. The van der Waals surface area contributed by atoms with E-state index >= 15 is 0 Å². The Labute approximate surface area is 445 Å². The van der Waals surface area contributed by atoms with Crippen molar-refractivity contribution in [1.82, 2.24) is 0 Å². The molecule has 1 unspecified atom stereocenters. The Morgan fingerprint density at radius 2 is 0.822 bits per heavy atom. The maximum atomic E-state index is 7.82. The second-order valence-corrected chi connectivity index (χ2v) is 41.7. The molecule has 0 amide bonds. The van der Waals surface area contributed by atoms with E-state index in [1.165, 1.54) is 32.6 Å². The number of benzene rings is 5. The van der Waals surface area contributed by atoms with Crippen LogP contribution in [-0.4, -0.2) is 16.1 Å². The van der Waals surface area contributed by atoms with Crippen molar-refractivity contribution in [3.8, 4) is 28.4 Å². The zero-order valence-electron chi connectivity index (χ0n) is 49.8. The highest BCUT2D eigenvalue weighted by Crippen LogP contribution is 2.57. The van der Waals surface area contributed by atoms with Crippen LogP contribution >= 0.6 is 16.8 Å². The lowest BCUT2D eigenvalue weighted by Crippen LogP contribution is -2.41. The third-order valence-electron chi connectivity index (χ3n) is 14.3. The van der Waals surface area contributed by atoms with Crippen molar-refractivity contribution in [3.63, 3.8) is 0 Å².